The minimum atomic E-state index is -0.735. The summed E-state index contributed by atoms with van der Waals surface area (Å²) in [6.07, 6.45) is 0. The molecule has 0 aliphatic carbocycles. The molecule has 0 saturated heterocycles. The molecule has 19 heavy (non-hydrogen) atoms. The molecule has 3 N–H and O–H groups in total. The van der Waals surface area contributed by atoms with Crippen LogP contribution in [-0.4, -0.2) is 21.1 Å². The molecule has 0 saturated carbocycles. The Morgan fingerprint density at radius 3 is 2.79 bits per heavy atom. The molecule has 98 valence electrons. The van der Waals surface area contributed by atoms with Gasteiger partial charge in [-0.1, -0.05) is 11.6 Å². The second-order valence-electron chi connectivity index (χ2n) is 3.37. The van der Waals surface area contributed by atoms with Crippen LogP contribution in [-0.2, 0) is 0 Å². The number of nitrogen functional groups attached to an aromatic ring is 1. The van der Waals surface area contributed by atoms with Gasteiger partial charge in [0.2, 0.25) is 11.5 Å². The summed E-state index contributed by atoms with van der Waals surface area (Å²) in [6.45, 7) is 0. The summed E-state index contributed by atoms with van der Waals surface area (Å²) in [7, 11) is 0. The maximum Gasteiger partial charge on any atom is 0.281 e. The molecule has 10 heteroatoms. The zero-order chi connectivity index (χ0) is 14.0. The van der Waals surface area contributed by atoms with Gasteiger partial charge in [-0.05, 0) is 16.4 Å². The Kier molecular flexibility index (Phi) is 3.29. The van der Waals surface area contributed by atoms with Crippen LogP contribution in [0.1, 0.15) is 10.5 Å². The van der Waals surface area contributed by atoms with Crippen molar-refractivity contribution < 1.29 is 14.3 Å². The van der Waals surface area contributed by atoms with Gasteiger partial charge in [-0.25, -0.2) is 4.63 Å². The van der Waals surface area contributed by atoms with E-state index in [1.54, 1.807) is 0 Å². The van der Waals surface area contributed by atoms with E-state index in [9.17, 15) is 14.9 Å². The topological polar surface area (TPSA) is 137 Å². The minimum absolute atomic E-state index is 0.0586. The van der Waals surface area contributed by atoms with E-state index in [0.29, 0.717) is 0 Å². The second kappa shape index (κ2) is 4.90. The number of carbonyl (C=O) groups excluding carboxylic acids is 1. The van der Waals surface area contributed by atoms with Crippen LogP contribution >= 0.6 is 11.6 Å². The number of carbonyl (C=O) groups is 1. The summed E-state index contributed by atoms with van der Waals surface area (Å²) in [5, 5.41) is 19.6. The van der Waals surface area contributed by atoms with Crippen LogP contribution in [0.25, 0.3) is 0 Å². The third kappa shape index (κ3) is 2.60. The maximum atomic E-state index is 11.7. The standard InChI is InChI=1S/C9H6ClN5O4/c10-5-2-1-4(15(17)18)3-6(5)12-9(16)7-8(11)14-19-13-7/h1-3H,(H2,11,14)(H,12,16). The van der Waals surface area contributed by atoms with Crippen molar-refractivity contribution in [1.82, 2.24) is 10.3 Å². The molecule has 0 atom stereocenters. The molecule has 1 aromatic carbocycles. The predicted molar refractivity (Wildman–Crippen MR) is 64.8 cm³/mol. The largest absolute Gasteiger partial charge is 0.379 e. The molecule has 0 aliphatic rings. The van der Waals surface area contributed by atoms with Crippen LogP contribution in [0.3, 0.4) is 0 Å². The van der Waals surface area contributed by atoms with Crippen molar-refractivity contribution in [2.24, 2.45) is 0 Å². The number of aromatic nitrogens is 2. The number of halogens is 1. The monoisotopic (exact) mass is 283 g/mol. The van der Waals surface area contributed by atoms with Gasteiger partial charge < -0.3 is 11.1 Å². The number of nitrogens with two attached hydrogens (primary N) is 1. The Morgan fingerprint density at radius 2 is 2.21 bits per heavy atom. The number of benzene rings is 1. The number of nitrogens with zero attached hydrogens (tertiary/aromatic N) is 3. The molecule has 0 spiro atoms. The quantitative estimate of drug-likeness (QED) is 0.642. The third-order valence-electron chi connectivity index (χ3n) is 2.14. The zero-order valence-electron chi connectivity index (χ0n) is 9.16. The lowest BCUT2D eigenvalue weighted by atomic mass is 10.2. The molecule has 0 bridgehead atoms. The number of hydrogen-bond acceptors (Lipinski definition) is 7. The van der Waals surface area contributed by atoms with E-state index in [-0.39, 0.29) is 27.9 Å². The SMILES string of the molecule is Nc1nonc1C(=O)Nc1cc([N+](=O)[O-])ccc1Cl. The van der Waals surface area contributed by atoms with Gasteiger partial charge in [0.1, 0.15) is 0 Å². The van der Waals surface area contributed by atoms with E-state index in [1.165, 1.54) is 12.1 Å². The molecule has 2 rings (SSSR count). The first-order valence-electron chi connectivity index (χ1n) is 4.82. The number of amides is 1. The van der Waals surface area contributed by atoms with Crippen molar-refractivity contribution in [3.63, 3.8) is 0 Å². The summed E-state index contributed by atoms with van der Waals surface area (Å²) in [4.78, 5) is 21.8. The van der Waals surface area contributed by atoms with Crippen LogP contribution in [0, 0.1) is 10.1 Å². The molecule has 2 aromatic rings. The molecular formula is C9H6ClN5O4. The van der Waals surface area contributed by atoms with E-state index in [0.717, 1.165) is 6.07 Å². The second-order valence-corrected chi connectivity index (χ2v) is 3.78. The first kappa shape index (κ1) is 12.8. The van der Waals surface area contributed by atoms with Crippen LogP contribution in [0.2, 0.25) is 5.02 Å². The fourth-order valence-corrected chi connectivity index (χ4v) is 1.42. The van der Waals surface area contributed by atoms with Gasteiger partial charge in [0.25, 0.3) is 11.6 Å². The molecule has 0 aliphatic heterocycles. The fourth-order valence-electron chi connectivity index (χ4n) is 1.26. The van der Waals surface area contributed by atoms with E-state index in [4.69, 9.17) is 17.3 Å². The molecule has 0 fully saturated rings. The highest BCUT2D eigenvalue weighted by Gasteiger charge is 2.18. The molecule has 1 heterocycles. The molecule has 0 radical (unpaired) electrons. The Morgan fingerprint density at radius 1 is 1.47 bits per heavy atom. The van der Waals surface area contributed by atoms with E-state index >= 15 is 0 Å². The lowest BCUT2D eigenvalue weighted by Gasteiger charge is -2.05. The van der Waals surface area contributed by atoms with Crippen LogP contribution in [0.5, 0.6) is 0 Å². The number of hydrogen-bond donors (Lipinski definition) is 2. The molecular weight excluding hydrogens is 278 g/mol. The highest BCUT2D eigenvalue weighted by molar-refractivity contribution is 6.34. The van der Waals surface area contributed by atoms with E-state index in [2.05, 4.69) is 20.3 Å². The summed E-state index contributed by atoms with van der Waals surface area (Å²) >= 11 is 5.82. The van der Waals surface area contributed by atoms with Crippen LogP contribution in [0.15, 0.2) is 22.8 Å². The van der Waals surface area contributed by atoms with E-state index in [1.807, 2.05) is 0 Å². The number of nitro groups is 1. The summed E-state index contributed by atoms with van der Waals surface area (Å²) < 4.78 is 4.27. The third-order valence-corrected chi connectivity index (χ3v) is 2.47. The summed E-state index contributed by atoms with van der Waals surface area (Å²) in [5.41, 5.74) is 4.95. The number of nitro benzene ring substituents is 1. The summed E-state index contributed by atoms with van der Waals surface area (Å²) in [5.74, 6) is -0.930. The Bertz CT molecular complexity index is 656. The average Bonchev–Trinajstić information content (AvgIpc) is 2.78. The van der Waals surface area contributed by atoms with Crippen molar-refractivity contribution in [3.05, 3.63) is 39.0 Å². The van der Waals surface area contributed by atoms with Gasteiger partial charge in [-0.15, -0.1) is 0 Å². The number of rotatable bonds is 3. The van der Waals surface area contributed by atoms with Crippen LogP contribution in [0.4, 0.5) is 17.2 Å². The molecule has 0 unspecified atom stereocenters. The first-order chi connectivity index (χ1) is 8.99. The van der Waals surface area contributed by atoms with Gasteiger partial charge in [0, 0.05) is 12.1 Å². The number of anilines is 2. The summed E-state index contributed by atoms with van der Waals surface area (Å²) in [6, 6.07) is 3.62. The zero-order valence-corrected chi connectivity index (χ0v) is 9.92. The lowest BCUT2D eigenvalue weighted by molar-refractivity contribution is -0.384. The van der Waals surface area contributed by atoms with Gasteiger partial charge in [0.05, 0.1) is 15.6 Å². The van der Waals surface area contributed by atoms with E-state index < -0.39 is 10.8 Å². The van der Waals surface area contributed by atoms with Crippen molar-refractivity contribution >= 4 is 34.7 Å². The van der Waals surface area contributed by atoms with Crippen molar-refractivity contribution in [2.45, 2.75) is 0 Å². The number of nitrogens with one attached hydrogen (secondary N) is 1. The highest BCUT2D eigenvalue weighted by atomic mass is 35.5. The maximum absolute atomic E-state index is 11.7. The van der Waals surface area contributed by atoms with Gasteiger partial charge in [-0.3, -0.25) is 14.9 Å². The van der Waals surface area contributed by atoms with Crippen molar-refractivity contribution in [2.75, 3.05) is 11.1 Å². The molecule has 1 aromatic heterocycles. The van der Waals surface area contributed by atoms with Gasteiger partial charge in [0.15, 0.2) is 0 Å². The Hall–Kier alpha value is -2.68. The van der Waals surface area contributed by atoms with Gasteiger partial charge >= 0.3 is 0 Å². The van der Waals surface area contributed by atoms with Crippen molar-refractivity contribution in [1.29, 1.82) is 0 Å². The smallest absolute Gasteiger partial charge is 0.281 e. The normalized spacial score (nSPS) is 10.2. The average molecular weight is 284 g/mol. The number of non-ortho nitro benzene ring substituents is 1. The fraction of sp³-hybridized carbons (Fsp3) is 0. The van der Waals surface area contributed by atoms with Crippen molar-refractivity contribution in [3.8, 4) is 0 Å². The first-order valence-corrected chi connectivity index (χ1v) is 5.20. The highest BCUT2D eigenvalue weighted by Crippen LogP contribution is 2.27. The molecule has 1 amide bonds. The minimum Gasteiger partial charge on any atom is -0.379 e. The Labute approximate surface area is 110 Å². The predicted octanol–water partition coefficient (Wildman–Crippen LogP) is 1.47. The molecule has 9 nitrogen and oxygen atoms in total. The Balaban J connectivity index is 2.28. The lowest BCUT2D eigenvalue weighted by Crippen LogP contribution is -2.14. The van der Waals surface area contributed by atoms with Crippen LogP contribution < -0.4 is 11.1 Å². The van der Waals surface area contributed by atoms with Gasteiger partial charge in [-0.2, -0.15) is 0 Å².